The van der Waals surface area contributed by atoms with E-state index in [9.17, 15) is 15.0 Å². The normalized spacial score (nSPS) is 23.0. The van der Waals surface area contributed by atoms with Crippen molar-refractivity contribution in [1.29, 1.82) is 0 Å². The van der Waals surface area contributed by atoms with E-state index < -0.39 is 6.04 Å². The number of amides is 1. The molecule has 1 heterocycles. The van der Waals surface area contributed by atoms with Crippen molar-refractivity contribution >= 4 is 17.7 Å². The Hall–Kier alpha value is -1.40. The lowest BCUT2D eigenvalue weighted by Crippen LogP contribution is -2.46. The van der Waals surface area contributed by atoms with Gasteiger partial charge in [0.2, 0.25) is 5.91 Å². The van der Waals surface area contributed by atoms with Gasteiger partial charge in [0.15, 0.2) is 11.5 Å². The van der Waals surface area contributed by atoms with Crippen LogP contribution >= 0.6 is 11.8 Å². The maximum atomic E-state index is 12.0. The molecule has 21 heavy (non-hydrogen) atoms. The van der Waals surface area contributed by atoms with Gasteiger partial charge < -0.3 is 21.3 Å². The molecule has 0 saturated carbocycles. The number of carbonyl (C=O) groups excluding carboxylic acids is 1. The average molecular weight is 310 g/mol. The summed E-state index contributed by atoms with van der Waals surface area (Å²) >= 11 is 1.89. The maximum Gasteiger partial charge on any atom is 0.237 e. The van der Waals surface area contributed by atoms with Crippen LogP contribution in [-0.2, 0) is 11.2 Å². The van der Waals surface area contributed by atoms with Crippen molar-refractivity contribution in [2.75, 3.05) is 12.3 Å². The second kappa shape index (κ2) is 6.58. The molecule has 1 aliphatic rings. The topological polar surface area (TPSA) is 95.6 Å². The number of aromatic hydroxyl groups is 2. The molecule has 2 rings (SSSR count). The van der Waals surface area contributed by atoms with E-state index in [-0.39, 0.29) is 22.2 Å². The van der Waals surface area contributed by atoms with Gasteiger partial charge in [0.1, 0.15) is 0 Å². The zero-order valence-corrected chi connectivity index (χ0v) is 12.9. The number of phenolic OH excluding ortho intramolecular Hbond substituents is 2. The molecule has 5 N–H and O–H groups in total. The van der Waals surface area contributed by atoms with E-state index in [1.165, 1.54) is 18.6 Å². The average Bonchev–Trinajstić information content (AvgIpc) is 2.87. The monoisotopic (exact) mass is 310 g/mol. The van der Waals surface area contributed by atoms with Gasteiger partial charge in [-0.3, -0.25) is 4.79 Å². The Kier molecular flexibility index (Phi) is 5.00. The van der Waals surface area contributed by atoms with Crippen LogP contribution in [0.1, 0.15) is 25.3 Å². The van der Waals surface area contributed by atoms with Crippen molar-refractivity contribution < 1.29 is 15.0 Å². The fourth-order valence-electron chi connectivity index (χ4n) is 2.42. The van der Waals surface area contributed by atoms with E-state index in [2.05, 4.69) is 12.2 Å². The molecular weight excluding hydrogens is 288 g/mol. The smallest absolute Gasteiger partial charge is 0.237 e. The molecule has 1 aromatic carbocycles. The van der Waals surface area contributed by atoms with Crippen LogP contribution in [0.5, 0.6) is 11.5 Å². The van der Waals surface area contributed by atoms with Crippen molar-refractivity contribution in [3.05, 3.63) is 23.8 Å². The van der Waals surface area contributed by atoms with E-state index in [1.54, 1.807) is 6.07 Å². The highest BCUT2D eigenvalue weighted by Crippen LogP contribution is 2.36. The molecule has 0 aliphatic carbocycles. The molecule has 0 radical (unpaired) electrons. The molecule has 6 heteroatoms. The molecule has 2 atom stereocenters. The Morgan fingerprint density at radius 3 is 2.86 bits per heavy atom. The zero-order valence-electron chi connectivity index (χ0n) is 12.1. The summed E-state index contributed by atoms with van der Waals surface area (Å²) in [7, 11) is 0. The summed E-state index contributed by atoms with van der Waals surface area (Å²) in [6.45, 7) is 2.79. The number of thioether (sulfide) groups is 1. The zero-order chi connectivity index (χ0) is 15.5. The Balaban J connectivity index is 1.85. The van der Waals surface area contributed by atoms with Crippen LogP contribution in [0, 0.1) is 0 Å². The van der Waals surface area contributed by atoms with Gasteiger partial charge in [0.25, 0.3) is 0 Å². The summed E-state index contributed by atoms with van der Waals surface area (Å²) in [6, 6.07) is 3.81. The first-order chi connectivity index (χ1) is 9.89. The largest absolute Gasteiger partial charge is 0.504 e. The summed E-state index contributed by atoms with van der Waals surface area (Å²) in [4.78, 5) is 12.0. The molecule has 1 aliphatic heterocycles. The van der Waals surface area contributed by atoms with Gasteiger partial charge in [0, 0.05) is 11.3 Å². The van der Waals surface area contributed by atoms with Crippen molar-refractivity contribution in [3.63, 3.8) is 0 Å². The Morgan fingerprint density at radius 2 is 2.24 bits per heavy atom. The minimum Gasteiger partial charge on any atom is -0.504 e. The molecule has 0 aromatic heterocycles. The van der Waals surface area contributed by atoms with E-state index in [4.69, 9.17) is 5.73 Å². The third-order valence-corrected chi connectivity index (χ3v) is 5.31. The van der Waals surface area contributed by atoms with Crippen LogP contribution in [0.25, 0.3) is 0 Å². The van der Waals surface area contributed by atoms with Gasteiger partial charge in [-0.1, -0.05) is 6.07 Å². The van der Waals surface area contributed by atoms with E-state index in [0.29, 0.717) is 13.0 Å². The van der Waals surface area contributed by atoms with E-state index >= 15 is 0 Å². The predicted molar refractivity (Wildman–Crippen MR) is 84.6 cm³/mol. The number of phenols is 2. The number of carbonyl (C=O) groups is 1. The molecule has 0 bridgehead atoms. The molecule has 116 valence electrons. The van der Waals surface area contributed by atoms with Crippen molar-refractivity contribution in [1.82, 2.24) is 5.32 Å². The van der Waals surface area contributed by atoms with Gasteiger partial charge in [-0.05, 0) is 49.6 Å². The second-order valence-corrected chi connectivity index (χ2v) is 7.44. The minimum atomic E-state index is -0.663. The van der Waals surface area contributed by atoms with E-state index in [0.717, 1.165) is 17.7 Å². The van der Waals surface area contributed by atoms with Crippen LogP contribution < -0.4 is 11.1 Å². The van der Waals surface area contributed by atoms with Crippen LogP contribution in [0.3, 0.4) is 0 Å². The van der Waals surface area contributed by atoms with Crippen molar-refractivity contribution in [2.45, 2.75) is 37.0 Å². The van der Waals surface area contributed by atoms with Crippen LogP contribution in [0.2, 0.25) is 0 Å². The van der Waals surface area contributed by atoms with Crippen molar-refractivity contribution in [3.8, 4) is 11.5 Å². The standard InChI is InChI=1S/C15H22N2O3S/c1-15(5-2-6-21-15)9-17-14(20)11(16)7-10-3-4-12(18)13(19)8-10/h3-4,8,11,18-19H,2,5-7,9,16H2,1H3,(H,17,20)/t11-,15?/m0/s1. The first kappa shape index (κ1) is 16.0. The SMILES string of the molecule is CC1(CNC(=O)[C@@H](N)Cc2ccc(O)c(O)c2)CCCS1. The summed E-state index contributed by atoms with van der Waals surface area (Å²) in [5.41, 5.74) is 6.62. The lowest BCUT2D eigenvalue weighted by Gasteiger charge is -2.24. The Labute approximate surface area is 128 Å². The summed E-state index contributed by atoms with van der Waals surface area (Å²) < 4.78 is 0.117. The highest BCUT2D eigenvalue weighted by Gasteiger charge is 2.30. The highest BCUT2D eigenvalue weighted by atomic mass is 32.2. The quantitative estimate of drug-likeness (QED) is 0.616. The van der Waals surface area contributed by atoms with Gasteiger partial charge in [0.05, 0.1) is 6.04 Å². The predicted octanol–water partition coefficient (Wildman–Crippen LogP) is 1.37. The minimum absolute atomic E-state index is 0.117. The van der Waals surface area contributed by atoms with Gasteiger partial charge in [-0.25, -0.2) is 0 Å². The van der Waals surface area contributed by atoms with Gasteiger partial charge >= 0.3 is 0 Å². The molecule has 1 unspecified atom stereocenters. The van der Waals surface area contributed by atoms with E-state index in [1.807, 2.05) is 11.8 Å². The molecule has 1 saturated heterocycles. The lowest BCUT2D eigenvalue weighted by molar-refractivity contribution is -0.122. The lowest BCUT2D eigenvalue weighted by atomic mass is 10.0. The maximum absolute atomic E-state index is 12.0. The van der Waals surface area contributed by atoms with Crippen molar-refractivity contribution in [2.24, 2.45) is 5.73 Å². The molecule has 5 nitrogen and oxygen atoms in total. The van der Waals surface area contributed by atoms with Crippen LogP contribution in [0.15, 0.2) is 18.2 Å². The van der Waals surface area contributed by atoms with Gasteiger partial charge in [-0.2, -0.15) is 11.8 Å². The molecular formula is C15H22N2O3S. The van der Waals surface area contributed by atoms with Crippen LogP contribution in [0.4, 0.5) is 0 Å². The second-order valence-electron chi connectivity index (χ2n) is 5.75. The fourth-order valence-corrected chi connectivity index (χ4v) is 3.67. The molecule has 1 fully saturated rings. The first-order valence-corrected chi connectivity index (χ1v) is 8.06. The summed E-state index contributed by atoms with van der Waals surface area (Å²) in [6.07, 6.45) is 2.62. The first-order valence-electron chi connectivity index (χ1n) is 7.08. The number of nitrogens with one attached hydrogen (secondary N) is 1. The molecule has 0 spiro atoms. The number of nitrogens with two attached hydrogens (primary N) is 1. The number of rotatable bonds is 5. The fraction of sp³-hybridized carbons (Fsp3) is 0.533. The highest BCUT2D eigenvalue weighted by molar-refractivity contribution is 8.00. The third-order valence-electron chi connectivity index (χ3n) is 3.77. The molecule has 1 aromatic rings. The Morgan fingerprint density at radius 1 is 1.48 bits per heavy atom. The summed E-state index contributed by atoms with van der Waals surface area (Å²) in [5.74, 6) is 0.583. The number of hydrogen-bond donors (Lipinski definition) is 4. The third kappa shape index (κ3) is 4.28. The van der Waals surface area contributed by atoms with Crippen LogP contribution in [-0.4, -0.2) is 39.2 Å². The Bertz CT molecular complexity index is 516. The number of benzene rings is 1. The molecule has 1 amide bonds. The summed E-state index contributed by atoms with van der Waals surface area (Å²) in [5, 5.41) is 21.6. The van der Waals surface area contributed by atoms with Gasteiger partial charge in [-0.15, -0.1) is 0 Å². The number of hydrogen-bond acceptors (Lipinski definition) is 5.